The maximum atomic E-state index is 11.9. The Bertz CT molecular complexity index is 478. The summed E-state index contributed by atoms with van der Waals surface area (Å²) in [5.74, 6) is 0.396. The Morgan fingerprint density at radius 1 is 0.900 bits per heavy atom. The molecule has 1 heterocycles. The van der Waals surface area contributed by atoms with Crippen LogP contribution in [-0.2, 0) is 9.59 Å². The van der Waals surface area contributed by atoms with E-state index in [-0.39, 0.29) is 23.7 Å². The number of anilines is 2. The summed E-state index contributed by atoms with van der Waals surface area (Å²) in [4.78, 5) is 27.8. The van der Waals surface area contributed by atoms with Crippen LogP contribution in [0.1, 0.15) is 38.5 Å². The predicted molar refractivity (Wildman–Crippen MR) is 76.2 cm³/mol. The number of hydrogen-bond donors (Lipinski definition) is 2. The topological polar surface area (TPSA) is 71.1 Å². The molecule has 2 saturated carbocycles. The zero-order chi connectivity index (χ0) is 13.9. The second-order valence-electron chi connectivity index (χ2n) is 5.70. The summed E-state index contributed by atoms with van der Waals surface area (Å²) in [7, 11) is 0. The summed E-state index contributed by atoms with van der Waals surface area (Å²) in [5.41, 5.74) is 1.29. The molecule has 0 atom stereocenters. The lowest BCUT2D eigenvalue weighted by atomic mass is 9.84. The van der Waals surface area contributed by atoms with E-state index in [0.717, 1.165) is 38.5 Å². The number of aromatic nitrogens is 1. The molecule has 106 valence electrons. The minimum Gasteiger partial charge on any atom is -0.324 e. The monoisotopic (exact) mass is 273 g/mol. The molecule has 0 unspecified atom stereocenters. The van der Waals surface area contributed by atoms with Crippen LogP contribution in [0.3, 0.4) is 0 Å². The highest BCUT2D eigenvalue weighted by Gasteiger charge is 2.26. The van der Waals surface area contributed by atoms with Gasteiger partial charge in [-0.25, -0.2) is 0 Å². The molecule has 0 bridgehead atoms. The molecule has 3 rings (SSSR count). The smallest absolute Gasteiger partial charge is 0.227 e. The Hall–Kier alpha value is -1.91. The van der Waals surface area contributed by atoms with E-state index in [1.165, 1.54) is 0 Å². The molecule has 5 heteroatoms. The highest BCUT2D eigenvalue weighted by Crippen LogP contribution is 2.29. The van der Waals surface area contributed by atoms with Crippen molar-refractivity contribution in [3.63, 3.8) is 0 Å². The van der Waals surface area contributed by atoms with Gasteiger partial charge < -0.3 is 10.6 Å². The third kappa shape index (κ3) is 2.81. The Balaban J connectivity index is 1.59. The van der Waals surface area contributed by atoms with Gasteiger partial charge in [0.15, 0.2) is 0 Å². The second kappa shape index (κ2) is 5.61. The van der Waals surface area contributed by atoms with Crippen molar-refractivity contribution in [2.75, 3.05) is 10.6 Å². The second-order valence-corrected chi connectivity index (χ2v) is 5.70. The van der Waals surface area contributed by atoms with Crippen molar-refractivity contribution in [2.24, 2.45) is 11.8 Å². The normalized spacial score (nSPS) is 18.8. The zero-order valence-electron chi connectivity index (χ0n) is 11.4. The molecule has 0 spiro atoms. The average molecular weight is 273 g/mol. The molecule has 0 aliphatic heterocycles. The quantitative estimate of drug-likeness (QED) is 0.885. The lowest BCUT2D eigenvalue weighted by Gasteiger charge is -2.25. The molecule has 0 radical (unpaired) electrons. The minimum atomic E-state index is 0.0560. The van der Waals surface area contributed by atoms with Gasteiger partial charge in [-0.2, -0.15) is 0 Å². The van der Waals surface area contributed by atoms with E-state index in [1.54, 1.807) is 18.5 Å². The van der Waals surface area contributed by atoms with Crippen LogP contribution in [0.4, 0.5) is 11.4 Å². The molecule has 2 amide bonds. The van der Waals surface area contributed by atoms with Gasteiger partial charge in [-0.1, -0.05) is 12.8 Å². The molecule has 2 aliphatic rings. The summed E-state index contributed by atoms with van der Waals surface area (Å²) < 4.78 is 0. The molecule has 0 saturated heterocycles. The lowest BCUT2D eigenvalue weighted by molar-refractivity contribution is -0.122. The van der Waals surface area contributed by atoms with Crippen molar-refractivity contribution in [3.05, 3.63) is 18.5 Å². The number of carbonyl (C=O) groups excluding carboxylic acids is 2. The van der Waals surface area contributed by atoms with E-state index in [0.29, 0.717) is 11.4 Å². The highest BCUT2D eigenvalue weighted by atomic mass is 16.2. The lowest BCUT2D eigenvalue weighted by Crippen LogP contribution is -2.29. The van der Waals surface area contributed by atoms with Crippen LogP contribution in [0, 0.1) is 11.8 Å². The van der Waals surface area contributed by atoms with Gasteiger partial charge in [0.2, 0.25) is 11.8 Å². The first kappa shape index (κ1) is 13.1. The van der Waals surface area contributed by atoms with Gasteiger partial charge in [0.25, 0.3) is 0 Å². The Morgan fingerprint density at radius 2 is 1.35 bits per heavy atom. The zero-order valence-corrected chi connectivity index (χ0v) is 11.4. The van der Waals surface area contributed by atoms with Crippen LogP contribution < -0.4 is 10.6 Å². The van der Waals surface area contributed by atoms with Crippen molar-refractivity contribution in [2.45, 2.75) is 38.5 Å². The number of nitrogens with one attached hydrogen (secondary N) is 2. The molecule has 5 nitrogen and oxygen atoms in total. The summed E-state index contributed by atoms with van der Waals surface area (Å²) >= 11 is 0. The molecule has 2 aliphatic carbocycles. The number of hydrogen-bond acceptors (Lipinski definition) is 3. The molecule has 0 aromatic carbocycles. The fourth-order valence-corrected chi connectivity index (χ4v) is 2.41. The minimum absolute atomic E-state index is 0.0560. The fraction of sp³-hybridized carbons (Fsp3) is 0.533. The first-order valence-electron chi connectivity index (χ1n) is 7.29. The molecule has 2 fully saturated rings. The average Bonchev–Trinajstić information content (AvgIpc) is 2.23. The molecule has 2 N–H and O–H groups in total. The van der Waals surface area contributed by atoms with Gasteiger partial charge in [-0.15, -0.1) is 0 Å². The van der Waals surface area contributed by atoms with Crippen LogP contribution in [0.2, 0.25) is 0 Å². The van der Waals surface area contributed by atoms with Crippen LogP contribution >= 0.6 is 0 Å². The first-order valence-corrected chi connectivity index (χ1v) is 7.29. The van der Waals surface area contributed by atoms with Gasteiger partial charge >= 0.3 is 0 Å². The largest absolute Gasteiger partial charge is 0.324 e. The Morgan fingerprint density at radius 3 is 1.70 bits per heavy atom. The first-order chi connectivity index (χ1) is 9.72. The van der Waals surface area contributed by atoms with Gasteiger partial charge in [-0.05, 0) is 31.7 Å². The molecule has 20 heavy (non-hydrogen) atoms. The van der Waals surface area contributed by atoms with Gasteiger partial charge in [0.05, 0.1) is 23.8 Å². The van der Waals surface area contributed by atoms with Crippen molar-refractivity contribution < 1.29 is 9.59 Å². The van der Waals surface area contributed by atoms with Crippen molar-refractivity contribution in [3.8, 4) is 0 Å². The number of amides is 2. The summed E-state index contributed by atoms with van der Waals surface area (Å²) in [6, 6.07) is 1.76. The van der Waals surface area contributed by atoms with Crippen LogP contribution in [0.25, 0.3) is 0 Å². The SMILES string of the molecule is O=C(Nc1cncc(NC(=O)C2CCC2)c1)C1CCC1. The van der Waals surface area contributed by atoms with Gasteiger partial charge in [0.1, 0.15) is 0 Å². The fourth-order valence-electron chi connectivity index (χ4n) is 2.41. The van der Waals surface area contributed by atoms with E-state index in [9.17, 15) is 9.59 Å². The van der Waals surface area contributed by atoms with E-state index >= 15 is 0 Å². The third-order valence-corrected chi connectivity index (χ3v) is 4.23. The van der Waals surface area contributed by atoms with Gasteiger partial charge in [0, 0.05) is 11.8 Å². The molecule has 1 aromatic rings. The van der Waals surface area contributed by atoms with E-state index in [4.69, 9.17) is 0 Å². The van der Waals surface area contributed by atoms with Crippen molar-refractivity contribution in [1.82, 2.24) is 4.98 Å². The number of nitrogens with zero attached hydrogens (tertiary/aromatic N) is 1. The van der Waals surface area contributed by atoms with E-state index in [1.807, 2.05) is 0 Å². The molecule has 1 aromatic heterocycles. The molecular weight excluding hydrogens is 254 g/mol. The standard InChI is InChI=1S/C15H19N3O2/c19-14(10-3-1-4-10)17-12-7-13(9-16-8-12)18-15(20)11-5-2-6-11/h7-11H,1-6H2,(H,17,19)(H,18,20). The van der Waals surface area contributed by atoms with Crippen molar-refractivity contribution in [1.29, 1.82) is 0 Å². The maximum Gasteiger partial charge on any atom is 0.227 e. The number of pyridine rings is 1. The predicted octanol–water partition coefficient (Wildman–Crippen LogP) is 2.56. The third-order valence-electron chi connectivity index (χ3n) is 4.23. The van der Waals surface area contributed by atoms with Gasteiger partial charge in [-0.3, -0.25) is 14.6 Å². The Labute approximate surface area is 118 Å². The summed E-state index contributed by atoms with van der Waals surface area (Å²) in [6.07, 6.45) is 9.36. The summed E-state index contributed by atoms with van der Waals surface area (Å²) in [5, 5.41) is 5.72. The van der Waals surface area contributed by atoms with Crippen LogP contribution in [0.5, 0.6) is 0 Å². The molecular formula is C15H19N3O2. The number of carbonyl (C=O) groups is 2. The van der Waals surface area contributed by atoms with E-state index < -0.39 is 0 Å². The van der Waals surface area contributed by atoms with Crippen molar-refractivity contribution >= 4 is 23.2 Å². The number of rotatable bonds is 4. The van der Waals surface area contributed by atoms with Crippen LogP contribution in [0.15, 0.2) is 18.5 Å². The highest BCUT2D eigenvalue weighted by molar-refractivity contribution is 5.95. The van der Waals surface area contributed by atoms with Crippen LogP contribution in [-0.4, -0.2) is 16.8 Å². The van der Waals surface area contributed by atoms with E-state index in [2.05, 4.69) is 15.6 Å². The maximum absolute atomic E-state index is 11.9. The summed E-state index contributed by atoms with van der Waals surface area (Å²) in [6.45, 7) is 0. The Kier molecular flexibility index (Phi) is 3.67.